The minimum atomic E-state index is -0.524. The van der Waals surface area contributed by atoms with E-state index in [-0.39, 0.29) is 5.69 Å². The number of rotatable bonds is 4. The van der Waals surface area contributed by atoms with E-state index in [1.807, 2.05) is 0 Å². The van der Waals surface area contributed by atoms with Crippen molar-refractivity contribution in [2.75, 3.05) is 31.5 Å². The van der Waals surface area contributed by atoms with Gasteiger partial charge in [0.1, 0.15) is 17.3 Å². The predicted molar refractivity (Wildman–Crippen MR) is 65.1 cm³/mol. The van der Waals surface area contributed by atoms with Crippen molar-refractivity contribution >= 4 is 5.69 Å². The molecule has 1 N–H and O–H groups in total. The predicted octanol–water partition coefficient (Wildman–Crippen LogP) is 2.86. The van der Waals surface area contributed by atoms with Crippen molar-refractivity contribution in [2.45, 2.75) is 19.3 Å². The smallest absolute Gasteiger partial charge is 0.149 e. The van der Waals surface area contributed by atoms with Gasteiger partial charge in [0.15, 0.2) is 0 Å². The number of piperidine rings is 1. The molecule has 0 radical (unpaired) electrons. The Balaban J connectivity index is 1.81. The lowest BCUT2D eigenvalue weighted by atomic mass is 10.1. The Labute approximate surface area is 101 Å². The van der Waals surface area contributed by atoms with E-state index in [1.165, 1.54) is 37.5 Å². The summed E-state index contributed by atoms with van der Waals surface area (Å²) in [6.45, 7) is 3.62. The zero-order valence-electron chi connectivity index (χ0n) is 9.88. The molecule has 2 nitrogen and oxygen atoms in total. The normalized spacial score (nSPS) is 17.1. The summed E-state index contributed by atoms with van der Waals surface area (Å²) in [6.07, 6.45) is 3.76. The molecule has 0 amide bonds. The van der Waals surface area contributed by atoms with Gasteiger partial charge < -0.3 is 10.2 Å². The Hall–Kier alpha value is -1.16. The fourth-order valence-electron chi connectivity index (χ4n) is 2.19. The molecule has 94 valence electrons. The average molecular weight is 240 g/mol. The number of likely N-dealkylation sites (tertiary alicyclic amines) is 1. The van der Waals surface area contributed by atoms with Gasteiger partial charge >= 0.3 is 0 Å². The van der Waals surface area contributed by atoms with Crippen LogP contribution >= 0.6 is 0 Å². The molecule has 0 saturated carbocycles. The van der Waals surface area contributed by atoms with E-state index in [1.54, 1.807) is 0 Å². The van der Waals surface area contributed by atoms with Crippen LogP contribution in [0.3, 0.4) is 0 Å². The van der Waals surface area contributed by atoms with Crippen molar-refractivity contribution in [3.63, 3.8) is 0 Å². The number of anilines is 1. The van der Waals surface area contributed by atoms with Gasteiger partial charge in [-0.25, -0.2) is 8.78 Å². The molecule has 2 rings (SSSR count). The van der Waals surface area contributed by atoms with Crippen LogP contribution in [0.4, 0.5) is 14.5 Å². The van der Waals surface area contributed by atoms with Gasteiger partial charge in [0, 0.05) is 13.1 Å². The third kappa shape index (κ3) is 3.40. The van der Waals surface area contributed by atoms with Gasteiger partial charge in [0.05, 0.1) is 0 Å². The molecule has 1 fully saturated rings. The zero-order valence-corrected chi connectivity index (χ0v) is 9.88. The molecule has 0 spiro atoms. The van der Waals surface area contributed by atoms with Crippen LogP contribution in [0.1, 0.15) is 19.3 Å². The zero-order chi connectivity index (χ0) is 12.1. The topological polar surface area (TPSA) is 15.3 Å². The van der Waals surface area contributed by atoms with Gasteiger partial charge in [-0.2, -0.15) is 0 Å². The van der Waals surface area contributed by atoms with E-state index >= 15 is 0 Å². The van der Waals surface area contributed by atoms with Crippen molar-refractivity contribution in [3.8, 4) is 0 Å². The lowest BCUT2D eigenvalue weighted by Crippen LogP contribution is -2.33. The van der Waals surface area contributed by atoms with Gasteiger partial charge in [-0.3, -0.25) is 0 Å². The number of benzene rings is 1. The first kappa shape index (κ1) is 12.3. The summed E-state index contributed by atoms with van der Waals surface area (Å²) >= 11 is 0. The second-order valence-corrected chi connectivity index (χ2v) is 4.43. The molecular formula is C13H18F2N2. The Morgan fingerprint density at radius 2 is 1.71 bits per heavy atom. The first-order valence-corrected chi connectivity index (χ1v) is 6.17. The number of halogens is 2. The molecule has 0 atom stereocenters. The Morgan fingerprint density at radius 1 is 1.06 bits per heavy atom. The van der Waals surface area contributed by atoms with Crippen LogP contribution in [0, 0.1) is 11.6 Å². The summed E-state index contributed by atoms with van der Waals surface area (Å²) in [4.78, 5) is 2.33. The first-order chi connectivity index (χ1) is 8.27. The highest BCUT2D eigenvalue weighted by molar-refractivity contribution is 5.45. The van der Waals surface area contributed by atoms with Crippen molar-refractivity contribution in [3.05, 3.63) is 29.8 Å². The van der Waals surface area contributed by atoms with Gasteiger partial charge in [-0.05, 0) is 38.1 Å². The van der Waals surface area contributed by atoms with Crippen LogP contribution in [0.25, 0.3) is 0 Å². The van der Waals surface area contributed by atoms with E-state index in [9.17, 15) is 8.78 Å². The van der Waals surface area contributed by atoms with E-state index < -0.39 is 11.6 Å². The third-order valence-electron chi connectivity index (χ3n) is 3.14. The molecule has 1 aliphatic heterocycles. The van der Waals surface area contributed by atoms with Crippen LogP contribution in [0.2, 0.25) is 0 Å². The fourth-order valence-corrected chi connectivity index (χ4v) is 2.19. The first-order valence-electron chi connectivity index (χ1n) is 6.17. The summed E-state index contributed by atoms with van der Waals surface area (Å²) in [7, 11) is 0. The summed E-state index contributed by atoms with van der Waals surface area (Å²) in [5.41, 5.74) is -0.00971. The van der Waals surface area contributed by atoms with E-state index in [4.69, 9.17) is 0 Å². The largest absolute Gasteiger partial charge is 0.379 e. The number of nitrogens with zero attached hydrogens (tertiary/aromatic N) is 1. The summed E-state index contributed by atoms with van der Waals surface area (Å²) in [6, 6.07) is 3.92. The third-order valence-corrected chi connectivity index (χ3v) is 3.14. The standard InChI is InChI=1S/C13H18F2N2/c14-11-5-4-6-12(15)13(11)16-7-10-17-8-2-1-3-9-17/h4-6,16H,1-3,7-10H2. The lowest BCUT2D eigenvalue weighted by Gasteiger charge is -2.26. The molecule has 0 aliphatic carbocycles. The van der Waals surface area contributed by atoms with Gasteiger partial charge in [0.25, 0.3) is 0 Å². The van der Waals surface area contributed by atoms with Crippen molar-refractivity contribution < 1.29 is 8.78 Å². The molecule has 1 heterocycles. The highest BCUT2D eigenvalue weighted by Gasteiger charge is 2.11. The highest BCUT2D eigenvalue weighted by atomic mass is 19.1. The number of hydrogen-bond acceptors (Lipinski definition) is 2. The van der Waals surface area contributed by atoms with E-state index in [2.05, 4.69) is 10.2 Å². The number of nitrogens with one attached hydrogen (secondary N) is 1. The maximum Gasteiger partial charge on any atom is 0.149 e. The average Bonchev–Trinajstić information content (AvgIpc) is 2.34. The Bertz CT molecular complexity index is 342. The second kappa shape index (κ2) is 5.96. The molecule has 17 heavy (non-hydrogen) atoms. The van der Waals surface area contributed by atoms with E-state index in [0.717, 1.165) is 19.6 Å². The summed E-state index contributed by atoms with van der Waals surface area (Å²) < 4.78 is 26.6. The highest BCUT2D eigenvalue weighted by Crippen LogP contribution is 2.17. The molecule has 1 aromatic rings. The van der Waals surface area contributed by atoms with Crippen molar-refractivity contribution in [1.82, 2.24) is 4.90 Å². The van der Waals surface area contributed by atoms with Gasteiger partial charge in [-0.15, -0.1) is 0 Å². The SMILES string of the molecule is Fc1cccc(F)c1NCCN1CCCCC1. The molecule has 4 heteroatoms. The molecule has 0 bridgehead atoms. The minimum absolute atomic E-state index is 0.00971. The Morgan fingerprint density at radius 3 is 2.35 bits per heavy atom. The van der Waals surface area contributed by atoms with Crippen LogP contribution in [-0.2, 0) is 0 Å². The van der Waals surface area contributed by atoms with Crippen molar-refractivity contribution in [1.29, 1.82) is 0 Å². The minimum Gasteiger partial charge on any atom is -0.379 e. The molecule has 1 aliphatic rings. The summed E-state index contributed by atoms with van der Waals surface area (Å²) in [5, 5.41) is 2.84. The van der Waals surface area contributed by atoms with Gasteiger partial charge in [0.2, 0.25) is 0 Å². The molecule has 0 unspecified atom stereocenters. The second-order valence-electron chi connectivity index (χ2n) is 4.43. The van der Waals surface area contributed by atoms with Crippen LogP contribution < -0.4 is 5.32 Å². The quantitative estimate of drug-likeness (QED) is 0.870. The monoisotopic (exact) mass is 240 g/mol. The maximum absolute atomic E-state index is 13.3. The number of hydrogen-bond donors (Lipinski definition) is 1. The van der Waals surface area contributed by atoms with E-state index in [0.29, 0.717) is 6.54 Å². The van der Waals surface area contributed by atoms with Crippen molar-refractivity contribution in [2.24, 2.45) is 0 Å². The van der Waals surface area contributed by atoms with Crippen LogP contribution in [0.15, 0.2) is 18.2 Å². The molecular weight excluding hydrogens is 222 g/mol. The Kier molecular flexibility index (Phi) is 4.31. The molecule has 0 aromatic heterocycles. The van der Waals surface area contributed by atoms with Crippen LogP contribution in [-0.4, -0.2) is 31.1 Å². The van der Waals surface area contributed by atoms with Crippen LogP contribution in [0.5, 0.6) is 0 Å². The lowest BCUT2D eigenvalue weighted by molar-refractivity contribution is 0.237. The fraction of sp³-hybridized carbons (Fsp3) is 0.538. The molecule has 1 saturated heterocycles. The number of para-hydroxylation sites is 1. The maximum atomic E-state index is 13.3. The summed E-state index contributed by atoms with van der Waals surface area (Å²) in [5.74, 6) is -1.05. The van der Waals surface area contributed by atoms with Gasteiger partial charge in [-0.1, -0.05) is 12.5 Å². The molecule has 1 aromatic carbocycles.